The molecule has 0 saturated heterocycles. The van der Waals surface area contributed by atoms with Crippen molar-refractivity contribution in [2.24, 2.45) is 0 Å². The average Bonchev–Trinajstić information content (AvgIpc) is 3.42. The molecule has 0 aliphatic heterocycles. The highest BCUT2D eigenvalue weighted by atomic mass is 35.5. The Kier molecular flexibility index (Phi) is 6.29. The van der Waals surface area contributed by atoms with Crippen LogP contribution >= 0.6 is 11.6 Å². The van der Waals surface area contributed by atoms with Crippen molar-refractivity contribution in [3.05, 3.63) is 100 Å². The number of pyridine rings is 2. The van der Waals surface area contributed by atoms with E-state index in [4.69, 9.17) is 11.6 Å². The Morgan fingerprint density at radius 3 is 2.59 bits per heavy atom. The van der Waals surface area contributed by atoms with Crippen molar-refractivity contribution in [1.29, 1.82) is 5.26 Å². The first-order valence-corrected chi connectivity index (χ1v) is 10.9. The van der Waals surface area contributed by atoms with Gasteiger partial charge in [0.25, 0.3) is 0 Å². The highest BCUT2D eigenvalue weighted by molar-refractivity contribution is 6.32. The van der Waals surface area contributed by atoms with Gasteiger partial charge >= 0.3 is 0 Å². The lowest BCUT2D eigenvalue weighted by Gasteiger charge is -2.21. The second-order valence-corrected chi connectivity index (χ2v) is 8.18. The van der Waals surface area contributed by atoms with Crippen LogP contribution < -0.4 is 10.6 Å². The van der Waals surface area contributed by atoms with Crippen LogP contribution in [0.5, 0.6) is 0 Å². The average molecular weight is 525 g/mol. The lowest BCUT2D eigenvalue weighted by atomic mass is 10.0. The number of fused-ring (bicyclic) bond motifs is 1. The van der Waals surface area contributed by atoms with Crippen LogP contribution in [0, 0.1) is 34.7 Å². The summed E-state index contributed by atoms with van der Waals surface area (Å²) in [7, 11) is 0. The standard InChI is InChI=1S/C24H13ClF4N8/c25-12-4-15-21(34-13-6-17(27)24(29)32-9-13)11(7-30)8-31-22(15)18(5-12)35-23(19-10-33-37-36-19)14-2-1-3-16(26)20(14)28/h1-6,8-10,23,35H,(H,31,34)(H,33,36,37)/t23-/m0/s1. The van der Waals surface area contributed by atoms with E-state index in [1.807, 2.05) is 6.07 Å². The van der Waals surface area contributed by atoms with Crippen LogP contribution in [0.4, 0.5) is 34.6 Å². The zero-order valence-corrected chi connectivity index (χ0v) is 19.2. The third-order valence-corrected chi connectivity index (χ3v) is 5.66. The number of aromatic nitrogens is 5. The number of anilines is 3. The van der Waals surface area contributed by atoms with Gasteiger partial charge in [0.15, 0.2) is 17.5 Å². The number of nitrogens with zero attached hydrogens (tertiary/aromatic N) is 5. The summed E-state index contributed by atoms with van der Waals surface area (Å²) in [6, 6.07) is 8.61. The van der Waals surface area contributed by atoms with Crippen LogP contribution in [0.1, 0.15) is 22.9 Å². The van der Waals surface area contributed by atoms with Crippen molar-refractivity contribution < 1.29 is 17.6 Å². The zero-order valence-electron chi connectivity index (χ0n) is 18.4. The fourth-order valence-corrected chi connectivity index (χ4v) is 4.01. The number of nitrogens with one attached hydrogen (secondary N) is 3. The second kappa shape index (κ2) is 9.71. The summed E-state index contributed by atoms with van der Waals surface area (Å²) in [6.07, 6.45) is 3.74. The van der Waals surface area contributed by atoms with Gasteiger partial charge < -0.3 is 10.6 Å². The minimum absolute atomic E-state index is 0.0538. The number of H-pyrrole nitrogens is 1. The summed E-state index contributed by atoms with van der Waals surface area (Å²) in [4.78, 5) is 7.69. The molecule has 3 aromatic heterocycles. The number of hydrogen-bond acceptors (Lipinski definition) is 7. The SMILES string of the molecule is N#Cc1cnc2c(N[C@H](c3c[nH]nn3)c3cccc(F)c3F)cc(Cl)cc2c1Nc1cnc(F)c(F)c1. The van der Waals surface area contributed by atoms with E-state index in [9.17, 15) is 22.8 Å². The molecule has 0 aliphatic rings. The normalized spacial score (nSPS) is 11.8. The van der Waals surface area contributed by atoms with Gasteiger partial charge in [-0.25, -0.2) is 18.2 Å². The van der Waals surface area contributed by atoms with Crippen LogP contribution in [0.3, 0.4) is 0 Å². The molecule has 1 atom stereocenters. The molecule has 3 heterocycles. The van der Waals surface area contributed by atoms with Gasteiger partial charge in [0.05, 0.1) is 34.3 Å². The molecule has 3 N–H and O–H groups in total. The summed E-state index contributed by atoms with van der Waals surface area (Å²) >= 11 is 6.38. The van der Waals surface area contributed by atoms with E-state index in [1.165, 1.54) is 36.7 Å². The highest BCUT2D eigenvalue weighted by Crippen LogP contribution is 2.37. The molecule has 13 heteroatoms. The van der Waals surface area contributed by atoms with Gasteiger partial charge in [0.2, 0.25) is 5.95 Å². The first-order chi connectivity index (χ1) is 17.9. The lowest BCUT2D eigenvalue weighted by Crippen LogP contribution is -2.16. The number of rotatable bonds is 6. The molecule has 5 aromatic rings. The molecule has 0 amide bonds. The molecule has 0 spiro atoms. The quantitative estimate of drug-likeness (QED) is 0.191. The highest BCUT2D eigenvalue weighted by Gasteiger charge is 2.24. The van der Waals surface area contributed by atoms with Gasteiger partial charge in [-0.1, -0.05) is 28.9 Å². The topological polar surface area (TPSA) is 115 Å². The Balaban J connectivity index is 1.66. The summed E-state index contributed by atoms with van der Waals surface area (Å²) in [6.45, 7) is 0. The summed E-state index contributed by atoms with van der Waals surface area (Å²) in [5.41, 5.74) is 1.11. The summed E-state index contributed by atoms with van der Waals surface area (Å²) < 4.78 is 55.9. The van der Waals surface area contributed by atoms with E-state index in [0.717, 1.165) is 18.3 Å². The summed E-state index contributed by atoms with van der Waals surface area (Å²) in [5.74, 6) is -4.59. The van der Waals surface area contributed by atoms with Crippen LogP contribution in [-0.2, 0) is 0 Å². The molecule has 37 heavy (non-hydrogen) atoms. The molecule has 0 radical (unpaired) electrons. The summed E-state index contributed by atoms with van der Waals surface area (Å²) in [5, 5.41) is 26.3. The molecular formula is C24H13ClF4N8. The smallest absolute Gasteiger partial charge is 0.249 e. The van der Waals surface area contributed by atoms with Crippen LogP contribution in [0.2, 0.25) is 5.02 Å². The molecule has 184 valence electrons. The first-order valence-electron chi connectivity index (χ1n) is 10.5. The van der Waals surface area contributed by atoms with E-state index < -0.39 is 29.4 Å². The largest absolute Gasteiger partial charge is 0.371 e. The maximum atomic E-state index is 14.8. The maximum absolute atomic E-state index is 14.8. The minimum atomic E-state index is -1.27. The number of halogens is 5. The van der Waals surface area contributed by atoms with Crippen LogP contribution in [0.25, 0.3) is 10.9 Å². The fourth-order valence-electron chi connectivity index (χ4n) is 3.79. The van der Waals surface area contributed by atoms with Crippen molar-refractivity contribution in [3.63, 3.8) is 0 Å². The Morgan fingerprint density at radius 1 is 1.03 bits per heavy atom. The molecule has 8 nitrogen and oxygen atoms in total. The predicted octanol–water partition coefficient (Wildman–Crippen LogP) is 5.77. The minimum Gasteiger partial charge on any atom is -0.371 e. The molecular weight excluding hydrogens is 512 g/mol. The van der Waals surface area contributed by atoms with Gasteiger partial charge in [-0.05, 0) is 18.2 Å². The lowest BCUT2D eigenvalue weighted by molar-refractivity contribution is 0.480. The molecule has 0 bridgehead atoms. The Morgan fingerprint density at radius 2 is 1.86 bits per heavy atom. The zero-order chi connectivity index (χ0) is 26.1. The molecule has 0 aliphatic carbocycles. The molecule has 2 aromatic carbocycles. The third-order valence-electron chi connectivity index (χ3n) is 5.45. The van der Waals surface area contributed by atoms with E-state index in [2.05, 4.69) is 36.0 Å². The van der Waals surface area contributed by atoms with Crippen molar-refractivity contribution >= 4 is 39.6 Å². The van der Waals surface area contributed by atoms with Crippen molar-refractivity contribution in [1.82, 2.24) is 25.4 Å². The van der Waals surface area contributed by atoms with E-state index in [-0.39, 0.29) is 44.4 Å². The van der Waals surface area contributed by atoms with Crippen molar-refractivity contribution in [2.75, 3.05) is 10.6 Å². The van der Waals surface area contributed by atoms with Gasteiger partial charge in [0, 0.05) is 34.4 Å². The fraction of sp³-hybridized carbons (Fsp3) is 0.0417. The Hall–Kier alpha value is -4.76. The third kappa shape index (κ3) is 4.60. The molecule has 5 rings (SSSR count). The molecule has 0 unspecified atom stereocenters. The van der Waals surface area contributed by atoms with E-state index in [1.54, 1.807) is 0 Å². The monoisotopic (exact) mass is 524 g/mol. The Bertz CT molecular complexity index is 1670. The van der Waals surface area contributed by atoms with Crippen molar-refractivity contribution in [3.8, 4) is 6.07 Å². The number of benzene rings is 2. The van der Waals surface area contributed by atoms with E-state index >= 15 is 0 Å². The predicted molar refractivity (Wildman–Crippen MR) is 127 cm³/mol. The maximum Gasteiger partial charge on any atom is 0.249 e. The van der Waals surface area contributed by atoms with Crippen LogP contribution in [0.15, 0.2) is 55.0 Å². The molecule has 0 fully saturated rings. The number of nitriles is 1. The molecule has 0 saturated carbocycles. The van der Waals surface area contributed by atoms with Gasteiger partial charge in [0.1, 0.15) is 17.8 Å². The number of aromatic amines is 1. The van der Waals surface area contributed by atoms with Gasteiger partial charge in [-0.3, -0.25) is 10.1 Å². The van der Waals surface area contributed by atoms with Gasteiger partial charge in [-0.15, -0.1) is 5.10 Å². The van der Waals surface area contributed by atoms with Crippen molar-refractivity contribution in [2.45, 2.75) is 6.04 Å². The Labute approximate surface area is 210 Å². The van der Waals surface area contributed by atoms with E-state index in [0.29, 0.717) is 5.39 Å². The second-order valence-electron chi connectivity index (χ2n) is 7.75. The number of hydrogen-bond donors (Lipinski definition) is 3. The van der Waals surface area contributed by atoms with Gasteiger partial charge in [-0.2, -0.15) is 9.65 Å². The van der Waals surface area contributed by atoms with Crippen LogP contribution in [-0.4, -0.2) is 25.4 Å². The first kappa shape index (κ1) is 24.0.